The van der Waals surface area contributed by atoms with Crippen LogP contribution in [0, 0.1) is 5.92 Å². The maximum absolute atomic E-state index is 5.93. The molecule has 2 N–H and O–H groups in total. The van der Waals surface area contributed by atoms with E-state index in [2.05, 4.69) is 23.6 Å². The van der Waals surface area contributed by atoms with Gasteiger partial charge in [0.2, 0.25) is 0 Å². The van der Waals surface area contributed by atoms with Crippen LogP contribution in [-0.2, 0) is 4.74 Å². The number of nitrogens with zero attached hydrogens (tertiary/aromatic N) is 2. The van der Waals surface area contributed by atoms with Gasteiger partial charge in [-0.25, -0.2) is 0 Å². The van der Waals surface area contributed by atoms with Crippen LogP contribution < -0.4 is 5.73 Å². The first-order valence-corrected chi connectivity index (χ1v) is 7.40. The summed E-state index contributed by atoms with van der Waals surface area (Å²) in [6, 6.07) is 0. The zero-order valence-electron chi connectivity index (χ0n) is 12.0. The van der Waals surface area contributed by atoms with Gasteiger partial charge in [0.05, 0.1) is 13.2 Å². The van der Waals surface area contributed by atoms with E-state index in [1.807, 2.05) is 0 Å². The highest BCUT2D eigenvalue weighted by molar-refractivity contribution is 4.93. The van der Waals surface area contributed by atoms with Gasteiger partial charge in [0.1, 0.15) is 0 Å². The number of hydrogen-bond donors (Lipinski definition) is 1. The average Bonchev–Trinajstić information content (AvgIpc) is 2.38. The Morgan fingerprint density at radius 2 is 1.89 bits per heavy atom. The van der Waals surface area contributed by atoms with Gasteiger partial charge in [-0.1, -0.05) is 0 Å². The van der Waals surface area contributed by atoms with Crippen LogP contribution in [0.15, 0.2) is 0 Å². The molecule has 2 heterocycles. The monoisotopic (exact) mass is 255 g/mol. The lowest BCUT2D eigenvalue weighted by atomic mass is 9.79. The third kappa shape index (κ3) is 3.23. The summed E-state index contributed by atoms with van der Waals surface area (Å²) >= 11 is 0. The van der Waals surface area contributed by atoms with E-state index in [0.29, 0.717) is 5.92 Å². The Hall–Kier alpha value is -0.160. The maximum atomic E-state index is 5.93. The molecule has 0 saturated carbocycles. The molecule has 106 valence electrons. The summed E-state index contributed by atoms with van der Waals surface area (Å²) in [4.78, 5) is 5.16. The van der Waals surface area contributed by atoms with E-state index in [1.165, 1.54) is 32.5 Å². The fourth-order valence-electron chi connectivity index (χ4n) is 3.32. The summed E-state index contributed by atoms with van der Waals surface area (Å²) in [5, 5.41) is 0. The van der Waals surface area contributed by atoms with Gasteiger partial charge >= 0.3 is 0 Å². The third-order valence-corrected chi connectivity index (χ3v) is 4.87. The van der Waals surface area contributed by atoms with Crippen molar-refractivity contribution in [2.24, 2.45) is 11.7 Å². The zero-order chi connectivity index (χ0) is 13.0. The SMILES string of the molecule is CC1(C)C(CN)CCCN1CCN1CCOCC1. The van der Waals surface area contributed by atoms with Gasteiger partial charge in [-0.2, -0.15) is 0 Å². The maximum Gasteiger partial charge on any atom is 0.0594 e. The molecular formula is C14H29N3O. The molecular weight excluding hydrogens is 226 g/mol. The lowest BCUT2D eigenvalue weighted by molar-refractivity contribution is -0.000502. The first kappa shape index (κ1) is 14.3. The Balaban J connectivity index is 1.83. The predicted octanol–water partition coefficient (Wildman–Crippen LogP) is 0.768. The summed E-state index contributed by atoms with van der Waals surface area (Å²) < 4.78 is 5.40. The smallest absolute Gasteiger partial charge is 0.0594 e. The summed E-state index contributed by atoms with van der Waals surface area (Å²) in [6.07, 6.45) is 2.59. The van der Waals surface area contributed by atoms with E-state index in [4.69, 9.17) is 10.5 Å². The van der Waals surface area contributed by atoms with Crippen LogP contribution in [-0.4, -0.2) is 67.8 Å². The minimum absolute atomic E-state index is 0.263. The average molecular weight is 255 g/mol. The summed E-state index contributed by atoms with van der Waals surface area (Å²) in [6.45, 7) is 13.1. The summed E-state index contributed by atoms with van der Waals surface area (Å²) in [5.74, 6) is 0.649. The van der Waals surface area contributed by atoms with Crippen LogP contribution in [0.4, 0.5) is 0 Å². The topological polar surface area (TPSA) is 41.7 Å². The van der Waals surface area contributed by atoms with Crippen molar-refractivity contribution in [1.82, 2.24) is 9.80 Å². The van der Waals surface area contributed by atoms with E-state index in [9.17, 15) is 0 Å². The zero-order valence-corrected chi connectivity index (χ0v) is 12.0. The van der Waals surface area contributed by atoms with Crippen molar-refractivity contribution in [3.8, 4) is 0 Å². The van der Waals surface area contributed by atoms with E-state index in [-0.39, 0.29) is 5.54 Å². The molecule has 0 aromatic heterocycles. The van der Waals surface area contributed by atoms with Crippen molar-refractivity contribution in [2.75, 3.05) is 52.5 Å². The van der Waals surface area contributed by atoms with Gasteiger partial charge in [-0.3, -0.25) is 9.80 Å². The predicted molar refractivity (Wildman–Crippen MR) is 74.7 cm³/mol. The molecule has 2 aliphatic rings. The second kappa shape index (κ2) is 6.33. The summed E-state index contributed by atoms with van der Waals surface area (Å²) in [5.41, 5.74) is 6.19. The molecule has 18 heavy (non-hydrogen) atoms. The second-order valence-corrected chi connectivity index (χ2v) is 6.17. The van der Waals surface area contributed by atoms with Gasteiger partial charge in [0, 0.05) is 31.7 Å². The highest BCUT2D eigenvalue weighted by atomic mass is 16.5. The van der Waals surface area contributed by atoms with Crippen molar-refractivity contribution in [2.45, 2.75) is 32.2 Å². The Kier molecular flexibility index (Phi) is 5.01. The lowest BCUT2D eigenvalue weighted by Crippen LogP contribution is -2.57. The molecule has 1 unspecified atom stereocenters. The number of piperidine rings is 1. The molecule has 0 aliphatic carbocycles. The Morgan fingerprint density at radius 3 is 2.56 bits per heavy atom. The van der Waals surface area contributed by atoms with Crippen molar-refractivity contribution < 1.29 is 4.74 Å². The van der Waals surface area contributed by atoms with Gasteiger partial charge < -0.3 is 10.5 Å². The first-order chi connectivity index (χ1) is 8.64. The minimum Gasteiger partial charge on any atom is -0.379 e. The number of hydrogen-bond acceptors (Lipinski definition) is 4. The molecule has 0 spiro atoms. The van der Waals surface area contributed by atoms with E-state index in [0.717, 1.165) is 32.8 Å². The van der Waals surface area contributed by atoms with Crippen LogP contribution in [0.3, 0.4) is 0 Å². The number of ether oxygens (including phenoxy) is 1. The first-order valence-electron chi connectivity index (χ1n) is 7.40. The van der Waals surface area contributed by atoms with Crippen molar-refractivity contribution in [3.63, 3.8) is 0 Å². The molecule has 2 aliphatic heterocycles. The Morgan fingerprint density at radius 1 is 1.17 bits per heavy atom. The Bertz CT molecular complexity index is 251. The molecule has 2 rings (SSSR count). The van der Waals surface area contributed by atoms with Crippen molar-refractivity contribution in [1.29, 1.82) is 0 Å². The van der Waals surface area contributed by atoms with Crippen molar-refractivity contribution in [3.05, 3.63) is 0 Å². The highest BCUT2D eigenvalue weighted by Gasteiger charge is 2.37. The molecule has 2 fully saturated rings. The molecule has 1 atom stereocenters. The normalized spacial score (nSPS) is 30.5. The number of nitrogens with two attached hydrogens (primary N) is 1. The molecule has 0 amide bonds. The Labute approximate surface area is 111 Å². The van der Waals surface area contributed by atoms with Crippen LogP contribution in [0.2, 0.25) is 0 Å². The largest absolute Gasteiger partial charge is 0.379 e. The fraction of sp³-hybridized carbons (Fsp3) is 1.00. The van der Waals surface area contributed by atoms with Gasteiger partial charge in [0.15, 0.2) is 0 Å². The minimum atomic E-state index is 0.263. The molecule has 4 heteroatoms. The van der Waals surface area contributed by atoms with Crippen LogP contribution >= 0.6 is 0 Å². The number of likely N-dealkylation sites (tertiary alicyclic amines) is 1. The highest BCUT2D eigenvalue weighted by Crippen LogP contribution is 2.32. The molecule has 2 saturated heterocycles. The molecule has 0 aromatic carbocycles. The second-order valence-electron chi connectivity index (χ2n) is 6.17. The number of rotatable bonds is 4. The van der Waals surface area contributed by atoms with Crippen molar-refractivity contribution >= 4 is 0 Å². The van der Waals surface area contributed by atoms with Gasteiger partial charge in [-0.05, 0) is 45.7 Å². The van der Waals surface area contributed by atoms with Crippen LogP contribution in [0.25, 0.3) is 0 Å². The van der Waals surface area contributed by atoms with E-state index >= 15 is 0 Å². The summed E-state index contributed by atoms with van der Waals surface area (Å²) in [7, 11) is 0. The lowest BCUT2D eigenvalue weighted by Gasteiger charge is -2.48. The molecule has 4 nitrogen and oxygen atoms in total. The van der Waals surface area contributed by atoms with Crippen LogP contribution in [0.1, 0.15) is 26.7 Å². The third-order valence-electron chi connectivity index (χ3n) is 4.87. The molecule has 0 aromatic rings. The van der Waals surface area contributed by atoms with Crippen LogP contribution in [0.5, 0.6) is 0 Å². The molecule has 0 bridgehead atoms. The standard InChI is InChI=1S/C14H29N3O/c1-14(2)13(12-15)4-3-5-17(14)7-6-16-8-10-18-11-9-16/h13H,3-12,15H2,1-2H3. The van der Waals surface area contributed by atoms with Gasteiger partial charge in [0.25, 0.3) is 0 Å². The van der Waals surface area contributed by atoms with E-state index < -0.39 is 0 Å². The quantitative estimate of drug-likeness (QED) is 0.805. The number of morpholine rings is 1. The molecule has 0 radical (unpaired) electrons. The van der Waals surface area contributed by atoms with Gasteiger partial charge in [-0.15, -0.1) is 0 Å². The van der Waals surface area contributed by atoms with E-state index in [1.54, 1.807) is 0 Å². The fourth-order valence-corrected chi connectivity index (χ4v) is 3.32.